The van der Waals surface area contributed by atoms with E-state index in [1.54, 1.807) is 25.1 Å². The molecular weight excluding hydrogens is 273 g/mol. The van der Waals surface area contributed by atoms with Crippen molar-refractivity contribution in [3.8, 4) is 0 Å². The number of hydrogen-bond acceptors (Lipinski definition) is 2. The van der Waals surface area contributed by atoms with Gasteiger partial charge in [0.15, 0.2) is 0 Å². The van der Waals surface area contributed by atoms with Gasteiger partial charge >= 0.3 is 5.97 Å². The van der Waals surface area contributed by atoms with Crippen LogP contribution in [0.25, 0.3) is 0 Å². The summed E-state index contributed by atoms with van der Waals surface area (Å²) in [6, 6.07) is 5.15. The third kappa shape index (κ3) is 3.87. The SMILES string of the molecule is CCCC(C)(NCc1cc(Cl)ccc1Cl)C(=O)O. The molecule has 0 radical (unpaired) electrons. The molecular formula is C13H17Cl2NO2. The van der Waals surface area contributed by atoms with E-state index in [0.717, 1.165) is 12.0 Å². The monoisotopic (exact) mass is 289 g/mol. The van der Waals surface area contributed by atoms with Crippen molar-refractivity contribution in [2.45, 2.75) is 38.8 Å². The Morgan fingerprint density at radius 2 is 2.11 bits per heavy atom. The maximum Gasteiger partial charge on any atom is 0.323 e. The molecule has 1 rings (SSSR count). The van der Waals surface area contributed by atoms with Gasteiger partial charge in [0.2, 0.25) is 0 Å². The topological polar surface area (TPSA) is 49.3 Å². The van der Waals surface area contributed by atoms with Gasteiger partial charge in [-0.25, -0.2) is 0 Å². The van der Waals surface area contributed by atoms with Crippen molar-refractivity contribution in [2.75, 3.05) is 0 Å². The smallest absolute Gasteiger partial charge is 0.323 e. The zero-order chi connectivity index (χ0) is 13.8. The summed E-state index contributed by atoms with van der Waals surface area (Å²) in [7, 11) is 0. The number of carbonyl (C=O) groups is 1. The largest absolute Gasteiger partial charge is 0.480 e. The van der Waals surface area contributed by atoms with E-state index < -0.39 is 11.5 Å². The van der Waals surface area contributed by atoms with E-state index in [-0.39, 0.29) is 0 Å². The number of aliphatic carboxylic acids is 1. The van der Waals surface area contributed by atoms with Crippen LogP contribution in [0.2, 0.25) is 10.0 Å². The molecule has 1 atom stereocenters. The number of halogens is 2. The number of hydrogen-bond donors (Lipinski definition) is 2. The number of carboxylic acid groups (broad SMARTS) is 1. The van der Waals surface area contributed by atoms with Crippen LogP contribution in [0.5, 0.6) is 0 Å². The van der Waals surface area contributed by atoms with Gasteiger partial charge in [0, 0.05) is 16.6 Å². The normalized spacial score (nSPS) is 14.2. The molecule has 0 aliphatic heterocycles. The first-order valence-electron chi connectivity index (χ1n) is 5.81. The highest BCUT2D eigenvalue weighted by Gasteiger charge is 2.31. The van der Waals surface area contributed by atoms with Crippen LogP contribution in [-0.2, 0) is 11.3 Å². The molecule has 3 nitrogen and oxygen atoms in total. The molecule has 2 N–H and O–H groups in total. The third-order valence-corrected chi connectivity index (χ3v) is 3.50. The molecule has 0 aliphatic carbocycles. The van der Waals surface area contributed by atoms with Crippen LogP contribution in [0.1, 0.15) is 32.3 Å². The van der Waals surface area contributed by atoms with E-state index in [1.807, 2.05) is 6.92 Å². The van der Waals surface area contributed by atoms with Crippen LogP contribution < -0.4 is 5.32 Å². The van der Waals surface area contributed by atoms with Crippen molar-refractivity contribution in [1.82, 2.24) is 5.32 Å². The molecule has 0 heterocycles. The molecule has 1 unspecified atom stereocenters. The molecule has 0 aromatic heterocycles. The lowest BCUT2D eigenvalue weighted by molar-refractivity contribution is -0.144. The molecule has 0 spiro atoms. The number of nitrogens with one attached hydrogen (secondary N) is 1. The molecule has 100 valence electrons. The Morgan fingerprint density at radius 1 is 1.44 bits per heavy atom. The molecule has 0 aliphatic rings. The van der Waals surface area contributed by atoms with Gasteiger partial charge in [-0.3, -0.25) is 10.1 Å². The van der Waals surface area contributed by atoms with E-state index in [0.29, 0.717) is 23.0 Å². The van der Waals surface area contributed by atoms with Crippen LogP contribution >= 0.6 is 23.2 Å². The molecule has 0 saturated carbocycles. The Balaban J connectivity index is 2.79. The Morgan fingerprint density at radius 3 is 2.67 bits per heavy atom. The fourth-order valence-electron chi connectivity index (χ4n) is 1.74. The standard InChI is InChI=1S/C13H17Cl2NO2/c1-3-6-13(2,12(17)18)16-8-9-7-10(14)4-5-11(9)15/h4-5,7,16H,3,6,8H2,1-2H3,(H,17,18). The van der Waals surface area contributed by atoms with E-state index in [2.05, 4.69) is 5.32 Å². The van der Waals surface area contributed by atoms with Crippen LogP contribution in [0.15, 0.2) is 18.2 Å². The molecule has 0 fully saturated rings. The highest BCUT2D eigenvalue weighted by Crippen LogP contribution is 2.22. The summed E-state index contributed by atoms with van der Waals surface area (Å²) < 4.78 is 0. The van der Waals surface area contributed by atoms with Gasteiger partial charge in [0.05, 0.1) is 0 Å². The molecule has 1 aromatic carbocycles. The Kier molecular flexibility index (Phi) is 5.45. The highest BCUT2D eigenvalue weighted by atomic mass is 35.5. The lowest BCUT2D eigenvalue weighted by Gasteiger charge is -2.26. The van der Waals surface area contributed by atoms with Crippen molar-refractivity contribution in [3.05, 3.63) is 33.8 Å². The fraction of sp³-hybridized carbons (Fsp3) is 0.462. The average molecular weight is 290 g/mol. The summed E-state index contributed by atoms with van der Waals surface area (Å²) in [6.07, 6.45) is 1.35. The minimum absolute atomic E-state index is 0.377. The van der Waals surface area contributed by atoms with Crippen LogP contribution in [0.4, 0.5) is 0 Å². The second kappa shape index (κ2) is 6.41. The van der Waals surface area contributed by atoms with Gasteiger partial charge in [0.25, 0.3) is 0 Å². The minimum Gasteiger partial charge on any atom is -0.480 e. The van der Waals surface area contributed by atoms with Crippen LogP contribution in [-0.4, -0.2) is 16.6 Å². The molecule has 0 bridgehead atoms. The zero-order valence-electron chi connectivity index (χ0n) is 10.5. The predicted octanol–water partition coefficient (Wildman–Crippen LogP) is 3.73. The van der Waals surface area contributed by atoms with Gasteiger partial charge in [-0.05, 0) is 37.1 Å². The van der Waals surface area contributed by atoms with E-state index in [9.17, 15) is 9.90 Å². The zero-order valence-corrected chi connectivity index (χ0v) is 12.0. The van der Waals surface area contributed by atoms with Crippen molar-refractivity contribution in [1.29, 1.82) is 0 Å². The molecule has 0 saturated heterocycles. The maximum atomic E-state index is 11.3. The van der Waals surface area contributed by atoms with Crippen LogP contribution in [0, 0.1) is 0 Å². The van der Waals surface area contributed by atoms with E-state index >= 15 is 0 Å². The van der Waals surface area contributed by atoms with Gasteiger partial charge in [0.1, 0.15) is 5.54 Å². The number of rotatable bonds is 6. The molecule has 5 heteroatoms. The summed E-state index contributed by atoms with van der Waals surface area (Å²) in [5, 5.41) is 13.4. The Bertz CT molecular complexity index is 437. The van der Waals surface area contributed by atoms with Crippen molar-refractivity contribution in [2.24, 2.45) is 0 Å². The van der Waals surface area contributed by atoms with Gasteiger partial charge in [-0.15, -0.1) is 0 Å². The first-order valence-corrected chi connectivity index (χ1v) is 6.57. The quantitative estimate of drug-likeness (QED) is 0.839. The second-order valence-corrected chi connectivity index (χ2v) is 5.32. The van der Waals surface area contributed by atoms with Gasteiger partial charge in [-0.2, -0.15) is 0 Å². The Hall–Kier alpha value is -0.770. The van der Waals surface area contributed by atoms with Crippen molar-refractivity contribution < 1.29 is 9.90 Å². The average Bonchev–Trinajstić information content (AvgIpc) is 2.30. The number of benzene rings is 1. The Labute approximate surface area is 117 Å². The lowest BCUT2D eigenvalue weighted by Crippen LogP contribution is -2.48. The molecule has 18 heavy (non-hydrogen) atoms. The predicted molar refractivity (Wildman–Crippen MR) is 74.3 cm³/mol. The maximum absolute atomic E-state index is 11.3. The second-order valence-electron chi connectivity index (χ2n) is 4.48. The summed E-state index contributed by atoms with van der Waals surface area (Å²) in [5.74, 6) is -0.859. The lowest BCUT2D eigenvalue weighted by atomic mass is 9.96. The van der Waals surface area contributed by atoms with Crippen LogP contribution in [0.3, 0.4) is 0 Å². The first kappa shape index (κ1) is 15.3. The highest BCUT2D eigenvalue weighted by molar-refractivity contribution is 6.33. The van der Waals surface area contributed by atoms with E-state index in [4.69, 9.17) is 23.2 Å². The fourth-order valence-corrected chi connectivity index (χ4v) is 2.12. The van der Waals surface area contributed by atoms with Crippen molar-refractivity contribution >= 4 is 29.2 Å². The third-order valence-electron chi connectivity index (χ3n) is 2.90. The summed E-state index contributed by atoms with van der Waals surface area (Å²) in [4.78, 5) is 11.3. The molecule has 0 amide bonds. The first-order chi connectivity index (χ1) is 8.39. The number of carboxylic acids is 1. The summed E-state index contributed by atoms with van der Waals surface area (Å²) in [5.41, 5.74) is -0.145. The van der Waals surface area contributed by atoms with Crippen molar-refractivity contribution in [3.63, 3.8) is 0 Å². The molecule has 1 aromatic rings. The summed E-state index contributed by atoms with van der Waals surface area (Å²) >= 11 is 11.9. The summed E-state index contributed by atoms with van der Waals surface area (Å²) in [6.45, 7) is 4.01. The van der Waals surface area contributed by atoms with Gasteiger partial charge in [-0.1, -0.05) is 36.5 Å². The van der Waals surface area contributed by atoms with Gasteiger partial charge < -0.3 is 5.11 Å². The minimum atomic E-state index is -0.944. The van der Waals surface area contributed by atoms with E-state index in [1.165, 1.54) is 0 Å².